The molecule has 1 aliphatic rings. The number of rotatable bonds is 9. The lowest BCUT2D eigenvalue weighted by atomic mass is 10.1. The van der Waals surface area contributed by atoms with Gasteiger partial charge in [0, 0.05) is 13.1 Å². The van der Waals surface area contributed by atoms with Crippen LogP contribution in [-0.2, 0) is 41.1 Å². The van der Waals surface area contributed by atoms with Crippen LogP contribution in [0.5, 0.6) is 0 Å². The van der Waals surface area contributed by atoms with Crippen molar-refractivity contribution in [1.82, 2.24) is 9.55 Å². The van der Waals surface area contributed by atoms with Gasteiger partial charge >= 0.3 is 35.1 Å². The lowest BCUT2D eigenvalue weighted by Gasteiger charge is -2.21. The number of aliphatic hydroxyl groups excluding tert-OH is 1. The minimum atomic E-state index is -5.75. The van der Waals surface area contributed by atoms with Gasteiger partial charge < -0.3 is 39.9 Å². The predicted octanol–water partition coefficient (Wildman–Crippen LogP) is -1.64. The number of aromatic nitrogens is 2. The third-order valence-electron chi connectivity index (χ3n) is 3.56. The first-order valence-corrected chi connectivity index (χ1v) is 12.7. The number of aliphatic hydroxyl groups is 1. The number of nitrogens with zero attached hydrogens (tertiary/aromatic N) is 2. The van der Waals surface area contributed by atoms with Crippen LogP contribution >= 0.6 is 23.5 Å². The maximum Gasteiger partial charge on any atom is 0.490 e. The van der Waals surface area contributed by atoms with E-state index in [0.29, 0.717) is 0 Å². The van der Waals surface area contributed by atoms with Crippen molar-refractivity contribution in [2.45, 2.75) is 31.5 Å². The summed E-state index contributed by atoms with van der Waals surface area (Å²) in [5.41, 5.74) is 4.43. The summed E-state index contributed by atoms with van der Waals surface area (Å²) in [4.78, 5) is 62.5. The summed E-state index contributed by atoms with van der Waals surface area (Å²) in [5, 5.41) is 10.4. The van der Waals surface area contributed by atoms with Crippen molar-refractivity contribution < 1.29 is 65.8 Å². The molecule has 1 aliphatic heterocycles. The lowest BCUT2D eigenvalue weighted by molar-refractivity contribution is -0.156. The van der Waals surface area contributed by atoms with Crippen molar-refractivity contribution in [3.8, 4) is 0 Å². The highest BCUT2D eigenvalue weighted by Crippen LogP contribution is 2.66. The number of phosphoric acid groups is 3. The van der Waals surface area contributed by atoms with Crippen molar-refractivity contribution in [2.24, 2.45) is 0 Å². The summed E-state index contributed by atoms with van der Waals surface area (Å²) in [6.07, 6.45) is -5.21. The third kappa shape index (κ3) is 7.52. The van der Waals surface area contributed by atoms with Gasteiger partial charge in [-0.05, 0) is 6.07 Å². The SMILES string of the molecule is CC(=O)OC1C(O)C(COP(=O)(O)OP(=O)(O)OP(=O)(O)O)OC1n1ccc(N)nc1=O. The van der Waals surface area contributed by atoms with Crippen LogP contribution in [0.4, 0.5) is 5.82 Å². The molecule has 0 saturated carbocycles. The number of hydrogen-bond acceptors (Lipinski definition) is 13. The highest BCUT2D eigenvalue weighted by atomic mass is 31.3. The van der Waals surface area contributed by atoms with Crippen LogP contribution in [-0.4, -0.2) is 65.1 Å². The fourth-order valence-corrected chi connectivity index (χ4v) is 5.52. The molecule has 0 spiro atoms. The Morgan fingerprint density at radius 2 is 1.84 bits per heavy atom. The average Bonchev–Trinajstić information content (AvgIpc) is 2.85. The second-order valence-electron chi connectivity index (χ2n) is 6.06. The Morgan fingerprint density at radius 3 is 2.38 bits per heavy atom. The quantitative estimate of drug-likeness (QED) is 0.156. The minimum absolute atomic E-state index is 0.141. The number of ether oxygens (including phenoxy) is 2. The molecule has 6 unspecified atom stereocenters. The zero-order chi connectivity index (χ0) is 24.5. The van der Waals surface area contributed by atoms with Crippen LogP contribution in [0.1, 0.15) is 13.2 Å². The average molecular weight is 525 g/mol. The second-order valence-corrected chi connectivity index (χ2v) is 10.5. The maximum atomic E-state index is 12.1. The first kappa shape index (κ1) is 26.7. The van der Waals surface area contributed by atoms with Gasteiger partial charge in [0.1, 0.15) is 18.0 Å². The number of carbonyl (C=O) groups is 1. The molecular formula is C11H18N3O15P3. The molecule has 2 heterocycles. The summed E-state index contributed by atoms with van der Waals surface area (Å²) in [6.45, 7) is -0.0521. The lowest BCUT2D eigenvalue weighted by Crippen LogP contribution is -2.39. The van der Waals surface area contributed by atoms with E-state index in [0.717, 1.165) is 17.7 Å². The van der Waals surface area contributed by atoms with E-state index < -0.39 is 66.3 Å². The third-order valence-corrected chi connectivity index (χ3v) is 7.36. The molecule has 18 nitrogen and oxygen atoms in total. The molecule has 6 atom stereocenters. The molecule has 7 N–H and O–H groups in total. The van der Waals surface area contributed by atoms with Crippen molar-refractivity contribution in [3.63, 3.8) is 0 Å². The number of nitrogens with two attached hydrogens (primary N) is 1. The fourth-order valence-electron chi connectivity index (χ4n) is 2.49. The highest BCUT2D eigenvalue weighted by Gasteiger charge is 2.49. The number of phosphoric ester groups is 1. The summed E-state index contributed by atoms with van der Waals surface area (Å²) in [6, 6.07) is 1.20. The fraction of sp³-hybridized carbons (Fsp3) is 0.545. The number of carbonyl (C=O) groups excluding carboxylic acids is 1. The Bertz CT molecular complexity index is 1050. The van der Waals surface area contributed by atoms with Crippen molar-refractivity contribution in [1.29, 1.82) is 0 Å². The normalized spacial score (nSPS) is 27.4. The van der Waals surface area contributed by atoms with Crippen LogP contribution < -0.4 is 11.4 Å². The molecule has 0 amide bonds. The Balaban J connectivity index is 2.17. The Hall–Kier alpha value is -1.52. The summed E-state index contributed by atoms with van der Waals surface area (Å²) < 4.78 is 56.4. The summed E-state index contributed by atoms with van der Waals surface area (Å²) in [5.74, 6) is -1.02. The van der Waals surface area contributed by atoms with Crippen LogP contribution in [0, 0.1) is 0 Å². The van der Waals surface area contributed by atoms with Crippen LogP contribution in [0.15, 0.2) is 17.1 Å². The van der Waals surface area contributed by atoms with E-state index in [-0.39, 0.29) is 5.82 Å². The minimum Gasteiger partial charge on any atom is -0.455 e. The van der Waals surface area contributed by atoms with E-state index >= 15 is 0 Å². The van der Waals surface area contributed by atoms with Crippen molar-refractivity contribution >= 4 is 35.3 Å². The first-order valence-electron chi connectivity index (χ1n) is 8.13. The molecule has 0 bridgehead atoms. The Labute approximate surface area is 177 Å². The molecule has 0 aliphatic carbocycles. The number of nitrogen functional groups attached to an aromatic ring is 1. The van der Waals surface area contributed by atoms with Crippen LogP contribution in [0.25, 0.3) is 0 Å². The molecular weight excluding hydrogens is 507 g/mol. The molecule has 0 radical (unpaired) electrons. The van der Waals surface area contributed by atoms with Crippen LogP contribution in [0.3, 0.4) is 0 Å². The summed E-state index contributed by atoms with van der Waals surface area (Å²) in [7, 11) is -16.8. The van der Waals surface area contributed by atoms with Gasteiger partial charge in [0.25, 0.3) is 0 Å². The zero-order valence-electron chi connectivity index (χ0n) is 15.8. The van der Waals surface area contributed by atoms with E-state index in [1.165, 1.54) is 6.07 Å². The maximum absolute atomic E-state index is 12.1. The molecule has 32 heavy (non-hydrogen) atoms. The van der Waals surface area contributed by atoms with Gasteiger partial charge in [-0.1, -0.05) is 0 Å². The van der Waals surface area contributed by atoms with E-state index in [2.05, 4.69) is 18.1 Å². The van der Waals surface area contributed by atoms with Gasteiger partial charge in [-0.25, -0.2) is 18.5 Å². The summed E-state index contributed by atoms with van der Waals surface area (Å²) >= 11 is 0. The molecule has 1 aromatic heterocycles. The molecule has 21 heteroatoms. The molecule has 182 valence electrons. The van der Waals surface area contributed by atoms with E-state index in [1.807, 2.05) is 0 Å². The highest BCUT2D eigenvalue weighted by molar-refractivity contribution is 7.66. The molecule has 1 fully saturated rings. The van der Waals surface area contributed by atoms with Gasteiger partial charge in [-0.2, -0.15) is 13.6 Å². The van der Waals surface area contributed by atoms with Crippen molar-refractivity contribution in [2.75, 3.05) is 12.3 Å². The monoisotopic (exact) mass is 525 g/mol. The second kappa shape index (κ2) is 9.77. The van der Waals surface area contributed by atoms with Gasteiger partial charge in [-0.15, -0.1) is 0 Å². The Kier molecular flexibility index (Phi) is 8.16. The number of esters is 1. The first-order chi connectivity index (χ1) is 14.5. The van der Waals surface area contributed by atoms with Crippen molar-refractivity contribution in [3.05, 3.63) is 22.7 Å². The van der Waals surface area contributed by atoms with E-state index in [4.69, 9.17) is 29.9 Å². The number of anilines is 1. The van der Waals surface area contributed by atoms with Crippen LogP contribution in [0.2, 0.25) is 0 Å². The zero-order valence-corrected chi connectivity index (χ0v) is 18.5. The van der Waals surface area contributed by atoms with E-state index in [1.54, 1.807) is 0 Å². The largest absolute Gasteiger partial charge is 0.490 e. The number of hydrogen-bond donors (Lipinski definition) is 6. The smallest absolute Gasteiger partial charge is 0.455 e. The van der Waals surface area contributed by atoms with E-state index in [9.17, 15) is 33.3 Å². The molecule has 1 aromatic rings. The van der Waals surface area contributed by atoms with Gasteiger partial charge in [-0.3, -0.25) is 13.9 Å². The predicted molar refractivity (Wildman–Crippen MR) is 98.2 cm³/mol. The van der Waals surface area contributed by atoms with Gasteiger partial charge in [0.15, 0.2) is 12.3 Å². The molecule has 2 rings (SSSR count). The molecule has 1 saturated heterocycles. The molecule has 0 aromatic carbocycles. The Morgan fingerprint density at radius 1 is 1.22 bits per heavy atom. The van der Waals surface area contributed by atoms with Gasteiger partial charge in [0.05, 0.1) is 6.61 Å². The van der Waals surface area contributed by atoms with Gasteiger partial charge in [0.2, 0.25) is 0 Å². The standard InChI is InChI=1S/C11H18N3O15P3/c1-5(15)26-9-8(16)6(27-10(9)14-3-2-7(12)13-11(14)17)4-25-31(21,22)29-32(23,24)28-30(18,19)20/h2-3,6,8-10,16H,4H2,1H3,(H,21,22)(H,23,24)(H2,12,13,17)(H2,18,19,20). The topological polar surface area (TPSA) is 276 Å².